The third kappa shape index (κ3) is 9.15. The average molecular weight is 344 g/mol. The van der Waals surface area contributed by atoms with Crippen LogP contribution in [-0.4, -0.2) is 32.0 Å². The van der Waals surface area contributed by atoms with Crippen LogP contribution in [-0.2, 0) is 10.1 Å². The minimum absolute atomic E-state index is 0.0498. The van der Waals surface area contributed by atoms with Gasteiger partial charge in [0, 0.05) is 22.3 Å². The maximum absolute atomic E-state index is 9.64. The Labute approximate surface area is 122 Å². The highest BCUT2D eigenvalue weighted by atomic mass is 35.7. The van der Waals surface area contributed by atoms with Gasteiger partial charge in [-0.25, -0.2) is 0 Å². The summed E-state index contributed by atoms with van der Waals surface area (Å²) in [6.45, 7) is 4.10. The predicted molar refractivity (Wildman–Crippen MR) is 83.4 cm³/mol. The molecule has 106 valence electrons. The number of alkyl halides is 2. The molecule has 0 fully saturated rings. The molecule has 0 saturated heterocycles. The van der Waals surface area contributed by atoms with Gasteiger partial charge >= 0.3 is 0 Å². The molecule has 0 aliphatic heterocycles. The summed E-state index contributed by atoms with van der Waals surface area (Å²) < 4.78 is 0. The number of rotatable bonds is 8. The monoisotopic (exact) mass is 342 g/mol. The highest BCUT2D eigenvalue weighted by Gasteiger charge is 2.19. The summed E-state index contributed by atoms with van der Waals surface area (Å²) in [6.07, 6.45) is 3.69. The van der Waals surface area contributed by atoms with Crippen molar-refractivity contribution in [2.24, 2.45) is 0 Å². The molecular formula is C10H22Cl3O2PS. The van der Waals surface area contributed by atoms with E-state index in [1.807, 2.05) is 0 Å². The summed E-state index contributed by atoms with van der Waals surface area (Å²) in [7, 11) is -0.681. The van der Waals surface area contributed by atoms with Crippen molar-refractivity contribution in [3.8, 4) is 0 Å². The molecule has 0 heterocycles. The molecule has 2 unspecified atom stereocenters. The Morgan fingerprint density at radius 1 is 1.00 bits per heavy atom. The van der Waals surface area contributed by atoms with Crippen LogP contribution in [0.4, 0.5) is 0 Å². The van der Waals surface area contributed by atoms with Crippen molar-refractivity contribution >= 4 is 50.4 Å². The van der Waals surface area contributed by atoms with Gasteiger partial charge in [-0.3, -0.25) is 0 Å². The molecule has 2 atom stereocenters. The van der Waals surface area contributed by atoms with E-state index >= 15 is 0 Å². The second-order valence-corrected chi connectivity index (χ2v) is 12.9. The Bertz CT molecular complexity index is 246. The fourth-order valence-electron chi connectivity index (χ4n) is 1.47. The molecule has 0 aliphatic rings. The van der Waals surface area contributed by atoms with Crippen molar-refractivity contribution in [3.63, 3.8) is 0 Å². The van der Waals surface area contributed by atoms with E-state index in [1.165, 1.54) is 0 Å². The van der Waals surface area contributed by atoms with E-state index in [1.54, 1.807) is 0 Å². The highest BCUT2D eigenvalue weighted by Crippen LogP contribution is 2.48. The van der Waals surface area contributed by atoms with Gasteiger partial charge in [-0.15, -0.1) is 33.3 Å². The van der Waals surface area contributed by atoms with Crippen molar-refractivity contribution in [2.75, 3.05) is 11.5 Å². The molecule has 0 radical (unpaired) electrons. The zero-order valence-corrected chi connectivity index (χ0v) is 14.3. The average Bonchev–Trinajstić information content (AvgIpc) is 2.16. The second kappa shape index (κ2) is 9.47. The Kier molecular flexibility index (Phi) is 10.3. The Morgan fingerprint density at radius 2 is 1.35 bits per heavy atom. The summed E-state index contributed by atoms with van der Waals surface area (Å²) in [5.41, 5.74) is 0. The smallest absolute Gasteiger partial charge is 0.236 e. The molecular weight excluding hydrogens is 322 g/mol. The van der Waals surface area contributed by atoms with Crippen LogP contribution in [0.1, 0.15) is 39.5 Å². The Morgan fingerprint density at radius 3 is 1.59 bits per heavy atom. The molecule has 0 aromatic rings. The SMILES string of the molecule is CCCC(Cl)CS(CC(Cl)CCC)=P(O)(O)Cl. The summed E-state index contributed by atoms with van der Waals surface area (Å²) in [5, 5.41) is -0.0995. The van der Waals surface area contributed by atoms with Crippen molar-refractivity contribution in [3.05, 3.63) is 0 Å². The van der Waals surface area contributed by atoms with Gasteiger partial charge < -0.3 is 9.79 Å². The first-order chi connectivity index (χ1) is 7.81. The van der Waals surface area contributed by atoms with Gasteiger partial charge in [0.25, 0.3) is 0 Å². The number of halogens is 3. The van der Waals surface area contributed by atoms with Crippen LogP contribution >= 0.6 is 40.3 Å². The lowest BCUT2D eigenvalue weighted by molar-refractivity contribution is 0.499. The quantitative estimate of drug-likeness (QED) is 0.509. The molecule has 0 aliphatic carbocycles. The lowest BCUT2D eigenvalue weighted by Crippen LogP contribution is -2.19. The van der Waals surface area contributed by atoms with E-state index in [9.17, 15) is 9.79 Å². The Hall–Kier alpha value is 1.57. The number of hydrogen-bond acceptors (Lipinski definition) is 0. The van der Waals surface area contributed by atoms with Gasteiger partial charge in [0.15, 0.2) is 0 Å². The fourth-order valence-corrected chi connectivity index (χ4v) is 8.26. The summed E-state index contributed by atoms with van der Waals surface area (Å²) in [6, 6.07) is 0. The van der Waals surface area contributed by atoms with E-state index in [-0.39, 0.29) is 10.8 Å². The van der Waals surface area contributed by atoms with Crippen molar-refractivity contribution in [2.45, 2.75) is 50.3 Å². The van der Waals surface area contributed by atoms with Gasteiger partial charge in [-0.05, 0) is 24.1 Å². The van der Waals surface area contributed by atoms with Crippen LogP contribution < -0.4 is 0 Å². The minimum Gasteiger partial charge on any atom is -0.338 e. The van der Waals surface area contributed by atoms with Crippen LogP contribution in [0.5, 0.6) is 0 Å². The Balaban J connectivity index is 4.59. The summed E-state index contributed by atoms with van der Waals surface area (Å²) in [5.74, 6) is -2.25. The molecule has 0 aromatic carbocycles. The van der Waals surface area contributed by atoms with Gasteiger partial charge in [0.05, 0.1) is 0 Å². The molecule has 0 aromatic heterocycles. The van der Waals surface area contributed by atoms with Gasteiger partial charge in [0.2, 0.25) is 5.84 Å². The first-order valence-electron chi connectivity index (χ1n) is 5.81. The molecule has 2 N–H and O–H groups in total. The van der Waals surface area contributed by atoms with E-state index in [4.69, 9.17) is 34.4 Å². The van der Waals surface area contributed by atoms with Crippen molar-refractivity contribution < 1.29 is 9.79 Å². The molecule has 0 rings (SSSR count). The minimum atomic E-state index is -3.35. The highest BCUT2D eigenvalue weighted by molar-refractivity contribution is 8.37. The molecule has 0 saturated carbocycles. The maximum Gasteiger partial charge on any atom is 0.236 e. The standard InChI is InChI=1S/C10H22Cl3O2PS/c1-3-5-9(11)7-17(16(13,14)15)8-10(12)6-4-2/h9-10,14-15H,3-8H2,1-2H3. The van der Waals surface area contributed by atoms with E-state index in [2.05, 4.69) is 13.8 Å². The summed E-state index contributed by atoms with van der Waals surface area (Å²) in [4.78, 5) is 19.3. The van der Waals surface area contributed by atoms with Crippen LogP contribution in [0.25, 0.3) is 0 Å². The largest absolute Gasteiger partial charge is 0.338 e. The van der Waals surface area contributed by atoms with Crippen LogP contribution in [0.2, 0.25) is 0 Å². The lowest BCUT2D eigenvalue weighted by Gasteiger charge is -2.20. The number of hydrogen-bond donors (Lipinski definition) is 2. The van der Waals surface area contributed by atoms with Crippen molar-refractivity contribution in [1.29, 1.82) is 0 Å². The first-order valence-corrected chi connectivity index (χ1v) is 11.5. The van der Waals surface area contributed by atoms with E-state index < -0.39 is 15.9 Å². The third-order valence-corrected chi connectivity index (χ3v) is 10.2. The lowest BCUT2D eigenvalue weighted by atomic mass is 10.3. The third-order valence-electron chi connectivity index (χ3n) is 2.28. The normalized spacial score (nSPS) is 17.8. The first kappa shape index (κ1) is 18.6. The maximum atomic E-state index is 9.64. The van der Waals surface area contributed by atoms with E-state index in [0.717, 1.165) is 25.7 Å². The predicted octanol–water partition coefficient (Wildman–Crippen LogP) is 4.32. The zero-order valence-electron chi connectivity index (χ0n) is 10.3. The fraction of sp³-hybridized carbons (Fsp3) is 1.00. The van der Waals surface area contributed by atoms with Gasteiger partial charge in [-0.1, -0.05) is 26.7 Å². The zero-order chi connectivity index (χ0) is 13.5. The topological polar surface area (TPSA) is 40.5 Å². The van der Waals surface area contributed by atoms with E-state index in [0.29, 0.717) is 11.5 Å². The molecule has 17 heavy (non-hydrogen) atoms. The molecule has 0 bridgehead atoms. The molecule has 0 amide bonds. The molecule has 2 nitrogen and oxygen atoms in total. The van der Waals surface area contributed by atoms with Crippen LogP contribution in [0.3, 0.4) is 0 Å². The molecule has 0 spiro atoms. The van der Waals surface area contributed by atoms with Crippen LogP contribution in [0.15, 0.2) is 0 Å². The van der Waals surface area contributed by atoms with Gasteiger partial charge in [-0.2, -0.15) is 0 Å². The summed E-state index contributed by atoms with van der Waals surface area (Å²) >= 11 is 18.0. The van der Waals surface area contributed by atoms with Crippen LogP contribution in [0, 0.1) is 0 Å². The van der Waals surface area contributed by atoms with Crippen molar-refractivity contribution in [1.82, 2.24) is 0 Å². The molecule has 7 heteroatoms. The van der Waals surface area contributed by atoms with Gasteiger partial charge in [0.1, 0.15) is 0 Å². The second-order valence-electron chi connectivity index (χ2n) is 4.04.